The zero-order chi connectivity index (χ0) is 33.6. The van der Waals surface area contributed by atoms with E-state index in [0.29, 0.717) is 35.7 Å². The maximum absolute atomic E-state index is 17.7. The minimum Gasteiger partial charge on any atom is -0.459 e. The van der Waals surface area contributed by atoms with E-state index >= 15 is 4.39 Å². The minimum atomic E-state index is -2.47. The van der Waals surface area contributed by atoms with Crippen LogP contribution in [-0.4, -0.2) is 56.9 Å². The molecule has 1 N–H and O–H groups in total. The highest BCUT2D eigenvalue weighted by Crippen LogP contribution is 2.39. The van der Waals surface area contributed by atoms with Crippen LogP contribution >= 0.6 is 0 Å². The SMILES string of the molecule is O=C(OC[C@H]1OC[C@@](F)(n2cnc3c(NCc4ccccc4)nc(Cc4ccccc4)nc32)[C@@H]1OC(=O)c1ccccc1)c1ccccc1. The van der Waals surface area contributed by atoms with Gasteiger partial charge in [0.25, 0.3) is 5.79 Å². The Kier molecular flexibility index (Phi) is 9.07. The molecule has 0 aliphatic carbocycles. The molecule has 0 radical (unpaired) electrons. The van der Waals surface area contributed by atoms with Gasteiger partial charge in [0, 0.05) is 13.0 Å². The molecular weight excluding hydrogens is 625 g/mol. The van der Waals surface area contributed by atoms with E-state index in [9.17, 15) is 9.59 Å². The van der Waals surface area contributed by atoms with Gasteiger partial charge >= 0.3 is 11.9 Å². The molecule has 1 aliphatic heterocycles. The van der Waals surface area contributed by atoms with Gasteiger partial charge in [-0.1, -0.05) is 97.1 Å². The molecule has 0 saturated carbocycles. The minimum absolute atomic E-state index is 0.185. The van der Waals surface area contributed by atoms with Gasteiger partial charge in [-0.2, -0.15) is 0 Å². The van der Waals surface area contributed by atoms with Crippen LogP contribution in [0.15, 0.2) is 128 Å². The number of hydrogen-bond acceptors (Lipinski definition) is 9. The van der Waals surface area contributed by atoms with Crippen molar-refractivity contribution in [2.24, 2.45) is 0 Å². The van der Waals surface area contributed by atoms with E-state index in [1.54, 1.807) is 60.7 Å². The van der Waals surface area contributed by atoms with Gasteiger partial charge in [0.05, 0.1) is 11.1 Å². The summed E-state index contributed by atoms with van der Waals surface area (Å²) >= 11 is 0. The van der Waals surface area contributed by atoms with Crippen LogP contribution in [0.25, 0.3) is 11.2 Å². The maximum Gasteiger partial charge on any atom is 0.338 e. The first kappa shape index (κ1) is 31.6. The van der Waals surface area contributed by atoms with Crippen molar-refractivity contribution in [2.75, 3.05) is 18.5 Å². The first-order valence-electron chi connectivity index (χ1n) is 15.8. The van der Waals surface area contributed by atoms with Crippen LogP contribution in [-0.2, 0) is 33.0 Å². The summed E-state index contributed by atoms with van der Waals surface area (Å²) in [5.41, 5.74) is 3.05. The number of nitrogens with one attached hydrogen (secondary N) is 1. The van der Waals surface area contributed by atoms with Crippen LogP contribution in [0.3, 0.4) is 0 Å². The number of halogens is 1. The first-order valence-corrected chi connectivity index (χ1v) is 15.8. The number of rotatable bonds is 11. The molecule has 0 unspecified atom stereocenters. The van der Waals surface area contributed by atoms with Crippen LogP contribution in [0.2, 0.25) is 0 Å². The number of anilines is 1. The Bertz CT molecular complexity index is 2050. The molecule has 1 saturated heterocycles. The van der Waals surface area contributed by atoms with Crippen LogP contribution in [0.1, 0.15) is 37.7 Å². The third-order valence-corrected chi connectivity index (χ3v) is 8.26. The molecule has 1 aliphatic rings. The van der Waals surface area contributed by atoms with Crippen LogP contribution < -0.4 is 5.32 Å². The van der Waals surface area contributed by atoms with Gasteiger partial charge in [0.15, 0.2) is 23.1 Å². The zero-order valence-corrected chi connectivity index (χ0v) is 26.3. The summed E-state index contributed by atoms with van der Waals surface area (Å²) in [4.78, 5) is 40.2. The van der Waals surface area contributed by atoms with Crippen molar-refractivity contribution < 1.29 is 28.2 Å². The van der Waals surface area contributed by atoms with Gasteiger partial charge in [0.2, 0.25) is 0 Å². The summed E-state index contributed by atoms with van der Waals surface area (Å²) in [6.45, 7) is -0.443. The number of benzene rings is 4. The third-order valence-electron chi connectivity index (χ3n) is 8.26. The standard InChI is InChI=1S/C38H32FN5O5/c39-38(24-48-30(23-47-36(45)28-17-9-3-10-18-28)33(38)49-37(46)29-19-11-4-12-20-29)44-25-41-32-34(40-22-27-15-7-2-8-16-27)42-31(43-35(32)44)21-26-13-5-1-6-14-26/h1-20,25,30,33H,21-24H2,(H,40,42,43)/t30-,33-,38-/m1/s1. The number of carbonyl (C=O) groups excluding carboxylic acids is 2. The highest BCUT2D eigenvalue weighted by molar-refractivity contribution is 5.90. The van der Waals surface area contributed by atoms with E-state index < -0.39 is 36.5 Å². The second kappa shape index (κ2) is 14.0. The lowest BCUT2D eigenvalue weighted by atomic mass is 10.1. The Morgan fingerprint density at radius 2 is 1.41 bits per heavy atom. The second-order valence-corrected chi connectivity index (χ2v) is 11.6. The Morgan fingerprint density at radius 1 is 0.816 bits per heavy atom. The third kappa shape index (κ3) is 6.88. The number of hydrogen-bond donors (Lipinski definition) is 1. The molecule has 7 rings (SSSR count). The van der Waals surface area contributed by atoms with Crippen LogP contribution in [0.5, 0.6) is 0 Å². The largest absolute Gasteiger partial charge is 0.459 e. The van der Waals surface area contributed by atoms with Gasteiger partial charge in [0.1, 0.15) is 31.5 Å². The number of nitrogens with zero attached hydrogens (tertiary/aromatic N) is 4. The van der Waals surface area contributed by atoms with Crippen molar-refractivity contribution in [3.63, 3.8) is 0 Å². The summed E-state index contributed by atoms with van der Waals surface area (Å²) in [6.07, 6.45) is -0.981. The highest BCUT2D eigenvalue weighted by atomic mass is 19.1. The summed E-state index contributed by atoms with van der Waals surface area (Å²) in [6, 6.07) is 36.2. The molecule has 4 aromatic carbocycles. The number of aromatic nitrogens is 4. The lowest BCUT2D eigenvalue weighted by molar-refractivity contribution is -0.0667. The summed E-state index contributed by atoms with van der Waals surface area (Å²) < 4.78 is 36.2. The summed E-state index contributed by atoms with van der Waals surface area (Å²) in [5.74, 6) is -2.99. The number of carbonyl (C=O) groups is 2. The average Bonchev–Trinajstić information content (AvgIpc) is 3.72. The number of ether oxygens (including phenoxy) is 3. The number of alkyl halides is 1. The molecule has 0 amide bonds. The van der Waals surface area contributed by atoms with Crippen molar-refractivity contribution in [3.8, 4) is 0 Å². The van der Waals surface area contributed by atoms with Crippen molar-refractivity contribution in [1.29, 1.82) is 0 Å². The van der Waals surface area contributed by atoms with E-state index in [1.165, 1.54) is 10.9 Å². The molecule has 10 nitrogen and oxygen atoms in total. The molecule has 0 bridgehead atoms. The fraction of sp³-hybridized carbons (Fsp3) is 0.184. The molecule has 11 heteroatoms. The molecule has 3 heterocycles. The number of fused-ring (bicyclic) bond motifs is 1. The summed E-state index contributed by atoms with van der Waals surface area (Å²) in [7, 11) is 0. The van der Waals surface area contributed by atoms with E-state index in [0.717, 1.165) is 11.1 Å². The smallest absolute Gasteiger partial charge is 0.338 e. The van der Waals surface area contributed by atoms with Crippen molar-refractivity contribution in [3.05, 3.63) is 156 Å². The van der Waals surface area contributed by atoms with Crippen molar-refractivity contribution in [1.82, 2.24) is 19.5 Å². The lowest BCUT2D eigenvalue weighted by Crippen LogP contribution is -2.46. The highest BCUT2D eigenvalue weighted by Gasteiger charge is 2.56. The first-order chi connectivity index (χ1) is 24.0. The zero-order valence-electron chi connectivity index (χ0n) is 26.3. The lowest BCUT2D eigenvalue weighted by Gasteiger charge is -2.29. The van der Waals surface area contributed by atoms with Gasteiger partial charge in [-0.25, -0.2) is 28.9 Å². The fourth-order valence-corrected chi connectivity index (χ4v) is 5.74. The number of esters is 2. The Morgan fingerprint density at radius 3 is 2.06 bits per heavy atom. The Labute approximate surface area is 281 Å². The van der Waals surface area contributed by atoms with E-state index in [2.05, 4.69) is 10.3 Å². The average molecular weight is 658 g/mol. The fourth-order valence-electron chi connectivity index (χ4n) is 5.74. The molecule has 3 atom stereocenters. The summed E-state index contributed by atoms with van der Waals surface area (Å²) in [5, 5.41) is 3.35. The predicted octanol–water partition coefficient (Wildman–Crippen LogP) is 6.13. The maximum atomic E-state index is 17.7. The van der Waals surface area contributed by atoms with E-state index in [-0.39, 0.29) is 17.8 Å². The van der Waals surface area contributed by atoms with E-state index in [4.69, 9.17) is 24.2 Å². The molecule has 49 heavy (non-hydrogen) atoms. The van der Waals surface area contributed by atoms with Crippen LogP contribution in [0, 0.1) is 0 Å². The van der Waals surface area contributed by atoms with E-state index in [1.807, 2.05) is 60.7 Å². The topological polar surface area (TPSA) is 117 Å². The molecule has 0 spiro atoms. The second-order valence-electron chi connectivity index (χ2n) is 11.6. The quantitative estimate of drug-likeness (QED) is 0.164. The molecule has 2 aromatic heterocycles. The number of imidazole rings is 1. The van der Waals surface area contributed by atoms with Crippen LogP contribution in [0.4, 0.5) is 10.2 Å². The van der Waals surface area contributed by atoms with Crippen molar-refractivity contribution in [2.45, 2.75) is 31.0 Å². The molecule has 6 aromatic rings. The van der Waals surface area contributed by atoms with Gasteiger partial charge in [-0.05, 0) is 35.4 Å². The normalized spacial score (nSPS) is 18.6. The van der Waals surface area contributed by atoms with Gasteiger partial charge in [-0.15, -0.1) is 0 Å². The monoisotopic (exact) mass is 657 g/mol. The van der Waals surface area contributed by atoms with Gasteiger partial charge in [-0.3, -0.25) is 4.57 Å². The van der Waals surface area contributed by atoms with Gasteiger partial charge < -0.3 is 19.5 Å². The molecular formula is C38H32FN5O5. The molecule has 246 valence electrons. The van der Waals surface area contributed by atoms with Crippen molar-refractivity contribution >= 4 is 28.9 Å². The predicted molar refractivity (Wildman–Crippen MR) is 180 cm³/mol. The molecule has 1 fully saturated rings. The Balaban J connectivity index is 1.25. The Hall–Kier alpha value is -5.94.